The van der Waals surface area contributed by atoms with Gasteiger partial charge in [0.1, 0.15) is 17.6 Å². The average molecular weight is 534 g/mol. The molecule has 0 radical (unpaired) electrons. The molecule has 0 aliphatic rings. The number of amides is 2. The molecule has 1 N–H and O–H groups in total. The number of hydrogen-bond donors (Lipinski definition) is 1. The van der Waals surface area contributed by atoms with Crippen molar-refractivity contribution in [3.05, 3.63) is 99.2 Å². The van der Waals surface area contributed by atoms with Crippen molar-refractivity contribution in [1.29, 1.82) is 0 Å². The number of carbonyl (C=O) groups is 2. The molecular formula is C25H23BrClFN2O3. The minimum atomic E-state index is -0.867. The molecule has 0 saturated carbocycles. The molecule has 8 heteroatoms. The van der Waals surface area contributed by atoms with Gasteiger partial charge in [0, 0.05) is 30.0 Å². The summed E-state index contributed by atoms with van der Waals surface area (Å²) in [5.41, 5.74) is 1.17. The third-order valence-electron chi connectivity index (χ3n) is 5.06. The molecule has 33 heavy (non-hydrogen) atoms. The third kappa shape index (κ3) is 6.79. The smallest absolute Gasteiger partial charge is 0.261 e. The van der Waals surface area contributed by atoms with Crippen molar-refractivity contribution in [1.82, 2.24) is 10.2 Å². The number of rotatable bonds is 9. The van der Waals surface area contributed by atoms with Crippen LogP contribution in [0.3, 0.4) is 0 Å². The fraction of sp³-hybridized carbons (Fsp3) is 0.200. The number of hydrogen-bond acceptors (Lipinski definition) is 3. The molecule has 3 aromatic carbocycles. The van der Waals surface area contributed by atoms with Crippen molar-refractivity contribution >= 4 is 39.3 Å². The Morgan fingerprint density at radius 2 is 1.79 bits per heavy atom. The first-order valence-corrected chi connectivity index (χ1v) is 11.4. The molecule has 1 atom stereocenters. The maximum absolute atomic E-state index is 14.4. The van der Waals surface area contributed by atoms with Gasteiger partial charge in [-0.3, -0.25) is 9.59 Å². The highest BCUT2D eigenvalue weighted by Crippen LogP contribution is 2.28. The Labute approximate surface area is 205 Å². The van der Waals surface area contributed by atoms with Crippen LogP contribution >= 0.6 is 27.5 Å². The van der Waals surface area contributed by atoms with Crippen LogP contribution in [0.5, 0.6) is 5.75 Å². The van der Waals surface area contributed by atoms with Crippen molar-refractivity contribution in [3.8, 4) is 5.75 Å². The van der Waals surface area contributed by atoms with Crippen molar-refractivity contribution in [3.63, 3.8) is 0 Å². The van der Waals surface area contributed by atoms with Crippen molar-refractivity contribution in [2.24, 2.45) is 0 Å². The Morgan fingerprint density at radius 1 is 1.09 bits per heavy atom. The van der Waals surface area contributed by atoms with Crippen LogP contribution in [0.1, 0.15) is 11.1 Å². The highest BCUT2D eigenvalue weighted by atomic mass is 79.9. The minimum Gasteiger partial charge on any atom is -0.482 e. The largest absolute Gasteiger partial charge is 0.482 e. The topological polar surface area (TPSA) is 58.6 Å². The number of ether oxygens (including phenoxy) is 1. The normalized spacial score (nSPS) is 11.5. The number of carbonyl (C=O) groups excluding carboxylic acids is 2. The molecule has 2 amide bonds. The van der Waals surface area contributed by atoms with E-state index < -0.39 is 17.8 Å². The zero-order valence-corrected chi connectivity index (χ0v) is 20.3. The van der Waals surface area contributed by atoms with E-state index in [0.717, 1.165) is 10.0 Å². The van der Waals surface area contributed by atoms with Crippen LogP contribution < -0.4 is 10.1 Å². The van der Waals surface area contributed by atoms with E-state index in [-0.39, 0.29) is 25.5 Å². The van der Waals surface area contributed by atoms with Gasteiger partial charge in [-0.05, 0) is 29.8 Å². The van der Waals surface area contributed by atoms with E-state index in [1.165, 1.54) is 18.0 Å². The Bertz CT molecular complexity index is 1110. The zero-order valence-electron chi connectivity index (χ0n) is 17.9. The van der Waals surface area contributed by atoms with Crippen LogP contribution in [0.25, 0.3) is 0 Å². The lowest BCUT2D eigenvalue weighted by Crippen LogP contribution is -2.51. The molecular weight excluding hydrogens is 511 g/mol. The van der Waals surface area contributed by atoms with Crippen LogP contribution in [0.4, 0.5) is 4.39 Å². The maximum atomic E-state index is 14.4. The molecule has 0 saturated heterocycles. The van der Waals surface area contributed by atoms with Gasteiger partial charge >= 0.3 is 0 Å². The standard InChI is InChI=1S/C25H23BrClFN2O3/c1-29-25(32)22(13-17-7-3-2-4-8-17)30(15-18-9-5-6-10-21(18)28)24(31)16-33-23-12-11-19(26)14-20(23)27/h2-12,14,22H,13,15-16H2,1H3,(H,29,32). The Balaban J connectivity index is 1.89. The van der Waals surface area contributed by atoms with Gasteiger partial charge in [-0.25, -0.2) is 4.39 Å². The SMILES string of the molecule is CNC(=O)C(Cc1ccccc1)N(Cc1ccccc1F)C(=O)COc1ccc(Br)cc1Cl. The van der Waals surface area contributed by atoms with Crippen LogP contribution in [0.15, 0.2) is 77.3 Å². The molecule has 3 rings (SSSR count). The van der Waals surface area contributed by atoms with Gasteiger partial charge in [0.25, 0.3) is 5.91 Å². The summed E-state index contributed by atoms with van der Waals surface area (Å²) >= 11 is 9.51. The van der Waals surface area contributed by atoms with Gasteiger partial charge in [0.15, 0.2) is 6.61 Å². The first-order chi connectivity index (χ1) is 15.9. The zero-order chi connectivity index (χ0) is 23.8. The van der Waals surface area contributed by atoms with Crippen molar-refractivity contribution < 1.29 is 18.7 Å². The van der Waals surface area contributed by atoms with Gasteiger partial charge in [-0.15, -0.1) is 0 Å². The quantitative estimate of drug-likeness (QED) is 0.421. The third-order valence-corrected chi connectivity index (χ3v) is 5.85. The minimum absolute atomic E-state index is 0.0894. The fourth-order valence-corrected chi connectivity index (χ4v) is 4.07. The second-order valence-corrected chi connectivity index (χ2v) is 8.62. The molecule has 3 aromatic rings. The average Bonchev–Trinajstić information content (AvgIpc) is 2.82. The molecule has 0 aliphatic carbocycles. The second-order valence-electron chi connectivity index (χ2n) is 7.30. The molecule has 0 fully saturated rings. The monoisotopic (exact) mass is 532 g/mol. The van der Waals surface area contributed by atoms with Gasteiger partial charge < -0.3 is 15.0 Å². The molecule has 0 heterocycles. The Kier molecular flexibility index (Phi) is 8.86. The lowest BCUT2D eigenvalue weighted by Gasteiger charge is -2.31. The second kappa shape index (κ2) is 11.8. The lowest BCUT2D eigenvalue weighted by atomic mass is 10.0. The summed E-state index contributed by atoms with van der Waals surface area (Å²) in [5.74, 6) is -0.951. The summed E-state index contributed by atoms with van der Waals surface area (Å²) < 4.78 is 20.9. The van der Waals surface area contributed by atoms with Crippen LogP contribution in [0.2, 0.25) is 5.02 Å². The molecule has 0 aliphatic heterocycles. The van der Waals surface area contributed by atoms with E-state index in [0.29, 0.717) is 16.3 Å². The van der Waals surface area contributed by atoms with E-state index in [4.69, 9.17) is 16.3 Å². The van der Waals surface area contributed by atoms with E-state index >= 15 is 0 Å². The Hall–Kier alpha value is -2.90. The molecule has 0 spiro atoms. The summed E-state index contributed by atoms with van der Waals surface area (Å²) in [4.78, 5) is 27.5. The van der Waals surface area contributed by atoms with E-state index in [9.17, 15) is 14.0 Å². The van der Waals surface area contributed by atoms with Crippen LogP contribution in [-0.2, 0) is 22.6 Å². The van der Waals surface area contributed by atoms with Crippen molar-refractivity contribution in [2.45, 2.75) is 19.0 Å². The first-order valence-electron chi connectivity index (χ1n) is 10.2. The summed E-state index contributed by atoms with van der Waals surface area (Å²) in [6.07, 6.45) is 0.264. The maximum Gasteiger partial charge on any atom is 0.261 e. The summed E-state index contributed by atoms with van der Waals surface area (Å²) in [6.45, 7) is -0.452. The van der Waals surface area contributed by atoms with Gasteiger partial charge in [0.2, 0.25) is 5.91 Å². The molecule has 5 nitrogen and oxygen atoms in total. The molecule has 0 aromatic heterocycles. The molecule has 172 valence electrons. The number of likely N-dealkylation sites (N-methyl/N-ethyl adjacent to an activating group) is 1. The van der Waals surface area contributed by atoms with Gasteiger partial charge in [0.05, 0.1) is 5.02 Å². The summed E-state index contributed by atoms with van der Waals surface area (Å²) in [6, 6.07) is 19.7. The fourth-order valence-electron chi connectivity index (χ4n) is 3.35. The highest BCUT2D eigenvalue weighted by Gasteiger charge is 2.30. The summed E-state index contributed by atoms with van der Waals surface area (Å²) in [5, 5.41) is 2.95. The van der Waals surface area contributed by atoms with E-state index in [1.54, 1.807) is 36.4 Å². The highest BCUT2D eigenvalue weighted by molar-refractivity contribution is 9.10. The molecule has 0 bridgehead atoms. The number of benzene rings is 3. The van der Waals surface area contributed by atoms with Crippen LogP contribution in [0, 0.1) is 5.82 Å². The first kappa shape index (κ1) is 24.7. The number of nitrogens with one attached hydrogen (secondary N) is 1. The lowest BCUT2D eigenvalue weighted by molar-refractivity contribution is -0.142. The van der Waals surface area contributed by atoms with E-state index in [2.05, 4.69) is 21.2 Å². The predicted octanol–water partition coefficient (Wildman–Crippen LogP) is 5.01. The number of nitrogens with zero attached hydrogens (tertiary/aromatic N) is 1. The van der Waals surface area contributed by atoms with E-state index in [1.807, 2.05) is 30.3 Å². The van der Waals surface area contributed by atoms with Gasteiger partial charge in [-0.1, -0.05) is 76.1 Å². The Morgan fingerprint density at radius 3 is 2.45 bits per heavy atom. The number of halogens is 3. The van der Waals surface area contributed by atoms with Crippen molar-refractivity contribution in [2.75, 3.05) is 13.7 Å². The summed E-state index contributed by atoms with van der Waals surface area (Å²) in [7, 11) is 1.50. The van der Waals surface area contributed by atoms with Crippen LogP contribution in [-0.4, -0.2) is 36.4 Å². The molecule has 1 unspecified atom stereocenters. The van der Waals surface area contributed by atoms with Gasteiger partial charge in [-0.2, -0.15) is 0 Å². The predicted molar refractivity (Wildman–Crippen MR) is 130 cm³/mol.